The van der Waals surface area contributed by atoms with Gasteiger partial charge in [0.05, 0.1) is 4.88 Å². The predicted octanol–water partition coefficient (Wildman–Crippen LogP) is 4.21. The summed E-state index contributed by atoms with van der Waals surface area (Å²) < 4.78 is 5.37. The number of aryl methyl sites for hydroxylation is 1. The smallest absolute Gasteiger partial charge is 0.227 e. The van der Waals surface area contributed by atoms with Crippen LogP contribution in [0.4, 0.5) is 5.69 Å². The SMILES string of the molecule is Clc1cccc(N2CCN(CCCc3nc(-c4cccs4)no3)CC2)c1. The molecule has 3 aromatic rings. The second kappa shape index (κ2) is 8.20. The van der Waals surface area contributed by atoms with Gasteiger partial charge in [-0.05, 0) is 42.6 Å². The molecule has 0 bridgehead atoms. The third kappa shape index (κ3) is 4.26. The fraction of sp³-hybridized carbons (Fsp3) is 0.368. The molecule has 1 aliphatic heterocycles. The number of piperazine rings is 1. The Morgan fingerprint density at radius 1 is 1.12 bits per heavy atom. The molecule has 3 heterocycles. The molecule has 0 N–H and O–H groups in total. The van der Waals surface area contributed by atoms with Crippen molar-refractivity contribution in [2.24, 2.45) is 0 Å². The van der Waals surface area contributed by atoms with Crippen molar-refractivity contribution in [1.29, 1.82) is 0 Å². The quantitative estimate of drug-likeness (QED) is 0.633. The number of nitrogens with zero attached hydrogens (tertiary/aromatic N) is 4. The van der Waals surface area contributed by atoms with Gasteiger partial charge in [0.25, 0.3) is 0 Å². The van der Waals surface area contributed by atoms with Crippen LogP contribution in [-0.4, -0.2) is 47.8 Å². The Morgan fingerprint density at radius 2 is 2.00 bits per heavy atom. The molecule has 0 spiro atoms. The summed E-state index contributed by atoms with van der Waals surface area (Å²) in [6, 6.07) is 12.1. The molecule has 7 heteroatoms. The van der Waals surface area contributed by atoms with Gasteiger partial charge < -0.3 is 9.42 Å². The summed E-state index contributed by atoms with van der Waals surface area (Å²) in [7, 11) is 0. The molecule has 136 valence electrons. The lowest BCUT2D eigenvalue weighted by molar-refractivity contribution is 0.251. The van der Waals surface area contributed by atoms with Gasteiger partial charge in [-0.15, -0.1) is 11.3 Å². The van der Waals surface area contributed by atoms with Gasteiger partial charge in [-0.2, -0.15) is 4.98 Å². The molecule has 1 saturated heterocycles. The van der Waals surface area contributed by atoms with Crippen LogP contribution in [0.2, 0.25) is 5.02 Å². The summed E-state index contributed by atoms with van der Waals surface area (Å²) in [6.07, 6.45) is 1.86. The van der Waals surface area contributed by atoms with Gasteiger partial charge >= 0.3 is 0 Å². The van der Waals surface area contributed by atoms with Crippen LogP contribution in [0.3, 0.4) is 0 Å². The molecular formula is C19H21ClN4OS. The highest BCUT2D eigenvalue weighted by molar-refractivity contribution is 7.13. The van der Waals surface area contributed by atoms with E-state index in [4.69, 9.17) is 16.1 Å². The Bertz CT molecular complexity index is 828. The van der Waals surface area contributed by atoms with Crippen molar-refractivity contribution in [2.45, 2.75) is 12.8 Å². The van der Waals surface area contributed by atoms with Crippen molar-refractivity contribution in [3.8, 4) is 10.7 Å². The van der Waals surface area contributed by atoms with Crippen LogP contribution in [0, 0.1) is 0 Å². The van der Waals surface area contributed by atoms with Crippen LogP contribution in [0.5, 0.6) is 0 Å². The first-order valence-electron chi connectivity index (χ1n) is 8.87. The third-order valence-electron chi connectivity index (χ3n) is 4.62. The largest absolute Gasteiger partial charge is 0.369 e. The number of aromatic nitrogens is 2. The summed E-state index contributed by atoms with van der Waals surface area (Å²) >= 11 is 7.73. The van der Waals surface area contributed by atoms with E-state index in [1.807, 2.05) is 35.7 Å². The zero-order valence-electron chi connectivity index (χ0n) is 14.5. The van der Waals surface area contributed by atoms with Crippen LogP contribution in [0.25, 0.3) is 10.7 Å². The minimum Gasteiger partial charge on any atom is -0.369 e. The van der Waals surface area contributed by atoms with Gasteiger partial charge in [-0.3, -0.25) is 4.90 Å². The van der Waals surface area contributed by atoms with E-state index in [9.17, 15) is 0 Å². The first-order chi connectivity index (χ1) is 12.8. The van der Waals surface area contributed by atoms with E-state index in [0.717, 1.165) is 61.4 Å². The Morgan fingerprint density at radius 3 is 2.77 bits per heavy atom. The minimum absolute atomic E-state index is 0.699. The average Bonchev–Trinajstić information content (AvgIpc) is 3.34. The van der Waals surface area contributed by atoms with Gasteiger partial charge in [-0.1, -0.05) is 28.9 Å². The molecule has 26 heavy (non-hydrogen) atoms. The van der Waals surface area contributed by atoms with Crippen molar-refractivity contribution in [1.82, 2.24) is 15.0 Å². The molecule has 0 saturated carbocycles. The van der Waals surface area contributed by atoms with Crippen LogP contribution < -0.4 is 4.90 Å². The molecule has 1 aliphatic rings. The number of halogens is 1. The molecule has 1 fully saturated rings. The van der Waals surface area contributed by atoms with Crippen molar-refractivity contribution < 1.29 is 4.52 Å². The lowest BCUT2D eigenvalue weighted by Gasteiger charge is -2.36. The summed E-state index contributed by atoms with van der Waals surface area (Å²) in [5.41, 5.74) is 1.21. The minimum atomic E-state index is 0.699. The molecule has 0 atom stereocenters. The standard InChI is InChI=1S/C19H21ClN4OS/c20-15-4-1-5-16(14-15)24-11-9-23(10-12-24)8-2-7-18-21-19(22-25-18)17-6-3-13-26-17/h1,3-6,13-14H,2,7-12H2. The summed E-state index contributed by atoms with van der Waals surface area (Å²) in [5, 5.41) is 6.89. The molecule has 0 unspecified atom stereocenters. The molecule has 1 aromatic carbocycles. The topological polar surface area (TPSA) is 45.4 Å². The number of hydrogen-bond donors (Lipinski definition) is 0. The summed E-state index contributed by atoms with van der Waals surface area (Å²) in [4.78, 5) is 10.4. The first-order valence-corrected chi connectivity index (χ1v) is 10.1. The predicted molar refractivity (Wildman–Crippen MR) is 106 cm³/mol. The summed E-state index contributed by atoms with van der Waals surface area (Å²) in [5.74, 6) is 1.43. The van der Waals surface area contributed by atoms with Gasteiger partial charge in [0.2, 0.25) is 11.7 Å². The van der Waals surface area contributed by atoms with Gasteiger partial charge in [0.1, 0.15) is 0 Å². The Kier molecular flexibility index (Phi) is 5.53. The second-order valence-electron chi connectivity index (χ2n) is 6.40. The van der Waals surface area contributed by atoms with E-state index in [-0.39, 0.29) is 0 Å². The van der Waals surface area contributed by atoms with E-state index in [0.29, 0.717) is 5.82 Å². The van der Waals surface area contributed by atoms with Crippen LogP contribution in [0.15, 0.2) is 46.3 Å². The number of anilines is 1. The third-order valence-corrected chi connectivity index (χ3v) is 5.72. The zero-order valence-corrected chi connectivity index (χ0v) is 16.0. The number of thiophene rings is 1. The first kappa shape index (κ1) is 17.5. The highest BCUT2D eigenvalue weighted by Gasteiger charge is 2.17. The number of benzene rings is 1. The van der Waals surface area contributed by atoms with Crippen LogP contribution in [-0.2, 0) is 6.42 Å². The Hall–Kier alpha value is -1.89. The fourth-order valence-electron chi connectivity index (χ4n) is 3.22. The van der Waals surface area contributed by atoms with Crippen molar-refractivity contribution in [2.75, 3.05) is 37.6 Å². The maximum absolute atomic E-state index is 6.10. The van der Waals surface area contributed by atoms with Crippen molar-refractivity contribution in [3.63, 3.8) is 0 Å². The molecule has 5 nitrogen and oxygen atoms in total. The fourth-order valence-corrected chi connectivity index (χ4v) is 4.05. The molecule has 0 aliphatic carbocycles. The van der Waals surface area contributed by atoms with Crippen molar-refractivity contribution in [3.05, 3.63) is 52.7 Å². The lowest BCUT2D eigenvalue weighted by Crippen LogP contribution is -2.46. The molecule has 2 aromatic heterocycles. The monoisotopic (exact) mass is 388 g/mol. The van der Waals surface area contributed by atoms with Gasteiger partial charge in [-0.25, -0.2) is 0 Å². The Balaban J connectivity index is 1.22. The van der Waals surface area contributed by atoms with E-state index < -0.39 is 0 Å². The van der Waals surface area contributed by atoms with E-state index in [1.54, 1.807) is 11.3 Å². The van der Waals surface area contributed by atoms with E-state index in [1.165, 1.54) is 5.69 Å². The highest BCUT2D eigenvalue weighted by atomic mass is 35.5. The van der Waals surface area contributed by atoms with E-state index in [2.05, 4.69) is 26.0 Å². The van der Waals surface area contributed by atoms with Gasteiger partial charge in [0.15, 0.2) is 0 Å². The molecular weight excluding hydrogens is 368 g/mol. The highest BCUT2D eigenvalue weighted by Crippen LogP contribution is 2.22. The molecule has 4 rings (SSSR count). The lowest BCUT2D eigenvalue weighted by atomic mass is 10.2. The zero-order chi connectivity index (χ0) is 17.8. The Labute approximate surface area is 162 Å². The maximum atomic E-state index is 6.10. The van der Waals surface area contributed by atoms with Crippen LogP contribution in [0.1, 0.15) is 12.3 Å². The van der Waals surface area contributed by atoms with Crippen molar-refractivity contribution >= 4 is 28.6 Å². The summed E-state index contributed by atoms with van der Waals surface area (Å²) in [6.45, 7) is 5.25. The molecule has 0 radical (unpaired) electrons. The number of hydrogen-bond acceptors (Lipinski definition) is 6. The van der Waals surface area contributed by atoms with E-state index >= 15 is 0 Å². The average molecular weight is 389 g/mol. The number of rotatable bonds is 6. The second-order valence-corrected chi connectivity index (χ2v) is 7.79. The van der Waals surface area contributed by atoms with Gasteiger partial charge in [0, 0.05) is 43.3 Å². The normalized spacial score (nSPS) is 15.5. The van der Waals surface area contributed by atoms with Crippen LogP contribution >= 0.6 is 22.9 Å². The molecule has 0 amide bonds. The maximum Gasteiger partial charge on any atom is 0.227 e.